The zero-order valence-electron chi connectivity index (χ0n) is 10.5. The number of hydrogen-bond donors (Lipinski definition) is 2. The van der Waals surface area contributed by atoms with Crippen LogP contribution in [-0.4, -0.2) is 41.9 Å². The molecule has 1 aliphatic rings. The highest BCUT2D eigenvalue weighted by atomic mass is 35.5. The molecule has 7 nitrogen and oxygen atoms in total. The largest absolute Gasteiger partial charge is 0.481 e. The molecule has 2 rings (SSSR count). The molecule has 1 fully saturated rings. The van der Waals surface area contributed by atoms with Gasteiger partial charge in [0.15, 0.2) is 0 Å². The predicted octanol–water partition coefficient (Wildman–Crippen LogP) is 1.19. The zero-order chi connectivity index (χ0) is 14.8. The van der Waals surface area contributed by atoms with Crippen LogP contribution < -0.4 is 4.72 Å². The van der Waals surface area contributed by atoms with E-state index in [9.17, 15) is 13.2 Å². The van der Waals surface area contributed by atoms with Crippen molar-refractivity contribution in [1.29, 1.82) is 0 Å². The monoisotopic (exact) mass is 319 g/mol. The number of carboxylic acids is 1. The van der Waals surface area contributed by atoms with E-state index in [1.54, 1.807) is 0 Å². The van der Waals surface area contributed by atoms with Gasteiger partial charge in [-0.3, -0.25) is 14.5 Å². The van der Waals surface area contributed by atoms with Crippen LogP contribution in [-0.2, 0) is 15.0 Å². The van der Waals surface area contributed by atoms with Crippen LogP contribution in [0.2, 0.25) is 5.02 Å². The molecule has 0 aliphatic carbocycles. The predicted molar refractivity (Wildman–Crippen MR) is 73.7 cm³/mol. The third-order valence-electron chi connectivity index (χ3n) is 3.15. The van der Waals surface area contributed by atoms with Crippen LogP contribution in [0, 0.1) is 5.92 Å². The lowest BCUT2D eigenvalue weighted by Crippen LogP contribution is -2.43. The third kappa shape index (κ3) is 3.38. The van der Waals surface area contributed by atoms with E-state index in [0.29, 0.717) is 12.8 Å². The number of aliphatic carboxylic acids is 1. The van der Waals surface area contributed by atoms with Crippen molar-refractivity contribution in [2.45, 2.75) is 12.8 Å². The second-order valence-electron chi connectivity index (χ2n) is 4.47. The van der Waals surface area contributed by atoms with Gasteiger partial charge in [0, 0.05) is 19.3 Å². The quantitative estimate of drug-likeness (QED) is 0.868. The summed E-state index contributed by atoms with van der Waals surface area (Å²) in [6, 6.07) is 1.48. The Balaban J connectivity index is 2.05. The Morgan fingerprint density at radius 3 is 2.65 bits per heavy atom. The van der Waals surface area contributed by atoms with Crippen LogP contribution in [0.4, 0.5) is 5.69 Å². The number of pyridine rings is 1. The molecular weight excluding hydrogens is 306 g/mol. The highest BCUT2D eigenvalue weighted by Crippen LogP contribution is 2.24. The molecule has 1 aromatic rings. The second-order valence-corrected chi connectivity index (χ2v) is 6.55. The molecule has 9 heteroatoms. The van der Waals surface area contributed by atoms with Crippen molar-refractivity contribution in [2.24, 2.45) is 5.92 Å². The van der Waals surface area contributed by atoms with E-state index in [2.05, 4.69) is 9.71 Å². The topological polar surface area (TPSA) is 99.6 Å². The van der Waals surface area contributed by atoms with Crippen LogP contribution in [0.25, 0.3) is 0 Å². The van der Waals surface area contributed by atoms with Gasteiger partial charge in [0.1, 0.15) is 0 Å². The normalized spacial score (nSPS) is 17.9. The molecule has 0 amide bonds. The summed E-state index contributed by atoms with van der Waals surface area (Å²) in [4.78, 5) is 14.6. The molecule has 2 N–H and O–H groups in total. The van der Waals surface area contributed by atoms with Crippen LogP contribution in [0.15, 0.2) is 18.5 Å². The lowest BCUT2D eigenvalue weighted by Gasteiger charge is -2.29. The maximum atomic E-state index is 12.2. The molecule has 0 aromatic carbocycles. The average molecular weight is 320 g/mol. The van der Waals surface area contributed by atoms with E-state index in [1.165, 1.54) is 22.8 Å². The maximum Gasteiger partial charge on any atom is 0.306 e. The van der Waals surface area contributed by atoms with Crippen molar-refractivity contribution in [3.63, 3.8) is 0 Å². The first-order valence-electron chi connectivity index (χ1n) is 6.00. The lowest BCUT2D eigenvalue weighted by atomic mass is 9.99. The summed E-state index contributed by atoms with van der Waals surface area (Å²) in [5, 5.41) is 9.14. The zero-order valence-corrected chi connectivity index (χ0v) is 12.1. The summed E-state index contributed by atoms with van der Waals surface area (Å²) in [6.45, 7) is 0.342. The molecule has 1 aromatic heterocycles. The second kappa shape index (κ2) is 5.94. The SMILES string of the molecule is O=C(O)C1CCN(S(=O)(=O)Nc2cnccc2Cl)CC1. The summed E-state index contributed by atoms with van der Waals surface area (Å²) in [6.07, 6.45) is 3.39. The Bertz CT molecular complexity index is 599. The molecule has 0 saturated carbocycles. The first kappa shape index (κ1) is 15.0. The smallest absolute Gasteiger partial charge is 0.306 e. The number of hydrogen-bond acceptors (Lipinski definition) is 4. The summed E-state index contributed by atoms with van der Waals surface area (Å²) in [7, 11) is -3.74. The van der Waals surface area contributed by atoms with Crippen LogP contribution in [0.3, 0.4) is 0 Å². The summed E-state index contributed by atoms with van der Waals surface area (Å²) in [5.41, 5.74) is 0.203. The third-order valence-corrected chi connectivity index (χ3v) is 5.00. The number of carbonyl (C=O) groups is 1. The van der Waals surface area contributed by atoms with Gasteiger partial charge in [-0.15, -0.1) is 0 Å². The molecule has 1 aliphatic heterocycles. The first-order valence-corrected chi connectivity index (χ1v) is 7.82. The van der Waals surface area contributed by atoms with E-state index >= 15 is 0 Å². The number of halogens is 1. The van der Waals surface area contributed by atoms with Crippen molar-refractivity contribution in [1.82, 2.24) is 9.29 Å². The van der Waals surface area contributed by atoms with Gasteiger partial charge in [-0.2, -0.15) is 12.7 Å². The van der Waals surface area contributed by atoms with E-state index in [0.717, 1.165) is 0 Å². The lowest BCUT2D eigenvalue weighted by molar-refractivity contribution is -0.142. The number of piperidine rings is 1. The fraction of sp³-hybridized carbons (Fsp3) is 0.455. The minimum atomic E-state index is -3.74. The molecule has 0 spiro atoms. The van der Waals surface area contributed by atoms with Crippen molar-refractivity contribution in [3.05, 3.63) is 23.5 Å². The maximum absolute atomic E-state index is 12.2. The first-order chi connectivity index (χ1) is 9.40. The van der Waals surface area contributed by atoms with Gasteiger partial charge in [0.2, 0.25) is 0 Å². The van der Waals surface area contributed by atoms with Gasteiger partial charge < -0.3 is 5.11 Å². The van der Waals surface area contributed by atoms with E-state index in [-0.39, 0.29) is 23.8 Å². The highest BCUT2D eigenvalue weighted by Gasteiger charge is 2.31. The molecule has 2 heterocycles. The standard InChI is InChI=1S/C11H14ClN3O4S/c12-9-1-4-13-7-10(9)14-20(18,19)15-5-2-8(3-6-15)11(16)17/h1,4,7-8,14H,2-3,5-6H2,(H,16,17). The summed E-state index contributed by atoms with van der Waals surface area (Å²) in [5.74, 6) is -1.37. The van der Waals surface area contributed by atoms with Gasteiger partial charge in [0.25, 0.3) is 0 Å². The van der Waals surface area contributed by atoms with E-state index in [1.807, 2.05) is 0 Å². The summed E-state index contributed by atoms with van der Waals surface area (Å²) >= 11 is 5.87. The van der Waals surface area contributed by atoms with Crippen LogP contribution >= 0.6 is 11.6 Å². The highest BCUT2D eigenvalue weighted by molar-refractivity contribution is 7.90. The minimum Gasteiger partial charge on any atom is -0.481 e. The Labute approximate surface area is 121 Å². The Kier molecular flexibility index (Phi) is 4.46. The van der Waals surface area contributed by atoms with Crippen LogP contribution in [0.5, 0.6) is 0 Å². The van der Waals surface area contributed by atoms with Crippen LogP contribution in [0.1, 0.15) is 12.8 Å². The number of aromatic nitrogens is 1. The van der Waals surface area contributed by atoms with Gasteiger partial charge in [-0.1, -0.05) is 11.6 Å². The number of carboxylic acid groups (broad SMARTS) is 1. The minimum absolute atomic E-state index is 0.171. The molecular formula is C11H14ClN3O4S. The van der Waals surface area contributed by atoms with E-state index in [4.69, 9.17) is 16.7 Å². The molecule has 0 radical (unpaired) electrons. The van der Waals surface area contributed by atoms with Gasteiger partial charge in [0.05, 0.1) is 22.8 Å². The molecule has 0 atom stereocenters. The van der Waals surface area contributed by atoms with Gasteiger partial charge >= 0.3 is 16.2 Å². The Morgan fingerprint density at radius 2 is 2.10 bits per heavy atom. The number of nitrogens with zero attached hydrogens (tertiary/aromatic N) is 2. The van der Waals surface area contributed by atoms with E-state index < -0.39 is 22.1 Å². The Hall–Kier alpha value is -1.38. The molecule has 110 valence electrons. The number of anilines is 1. The van der Waals surface area contributed by atoms with Gasteiger partial charge in [-0.25, -0.2) is 0 Å². The molecule has 1 saturated heterocycles. The van der Waals surface area contributed by atoms with Crippen molar-refractivity contribution in [2.75, 3.05) is 17.8 Å². The molecule has 0 bridgehead atoms. The van der Waals surface area contributed by atoms with Crippen molar-refractivity contribution < 1.29 is 18.3 Å². The number of nitrogens with one attached hydrogen (secondary N) is 1. The summed E-state index contributed by atoms with van der Waals surface area (Å²) < 4.78 is 27.9. The van der Waals surface area contributed by atoms with Crippen molar-refractivity contribution >= 4 is 33.5 Å². The number of rotatable bonds is 4. The fourth-order valence-electron chi connectivity index (χ4n) is 2.00. The molecule has 20 heavy (non-hydrogen) atoms. The molecule has 0 unspecified atom stereocenters. The Morgan fingerprint density at radius 1 is 1.45 bits per heavy atom. The average Bonchev–Trinajstić information content (AvgIpc) is 2.41. The van der Waals surface area contributed by atoms with Crippen molar-refractivity contribution in [3.8, 4) is 0 Å². The fourth-order valence-corrected chi connectivity index (χ4v) is 3.47. The van der Waals surface area contributed by atoms with Gasteiger partial charge in [-0.05, 0) is 18.9 Å².